The Balaban J connectivity index is 0.000000735. The number of hydrogen-bond acceptors (Lipinski definition) is 5. The molecule has 0 bridgehead atoms. The molecule has 1 amide bonds. The minimum Gasteiger partial charge on any atom is -0.481 e. The highest BCUT2D eigenvalue weighted by Gasteiger charge is 2.16. The second kappa shape index (κ2) is 13.1. The van der Waals surface area contributed by atoms with E-state index in [1.54, 1.807) is 11.8 Å². The Morgan fingerprint density at radius 1 is 1.03 bits per heavy atom. The summed E-state index contributed by atoms with van der Waals surface area (Å²) in [5.41, 5.74) is 4.22. The molecule has 0 spiro atoms. The van der Waals surface area contributed by atoms with Gasteiger partial charge in [-0.3, -0.25) is 9.59 Å². The molecule has 0 radical (unpaired) electrons. The van der Waals surface area contributed by atoms with E-state index < -0.39 is 5.97 Å². The van der Waals surface area contributed by atoms with E-state index >= 15 is 0 Å². The van der Waals surface area contributed by atoms with Gasteiger partial charge < -0.3 is 20.8 Å². The number of carbonyl (C=O) groups excluding carboxylic acids is 1. The molecule has 4 N–H and O–H groups in total. The normalized spacial score (nSPS) is 13.8. The molecule has 162 valence electrons. The van der Waals surface area contributed by atoms with Crippen LogP contribution in [-0.2, 0) is 10.5 Å². The van der Waals surface area contributed by atoms with Crippen molar-refractivity contribution in [3.05, 3.63) is 59.7 Å². The lowest BCUT2D eigenvalue weighted by Gasteiger charge is -2.23. The van der Waals surface area contributed by atoms with Crippen LogP contribution in [0.15, 0.2) is 48.5 Å². The number of rotatable bonds is 7. The monoisotopic (exact) mass is 430 g/mol. The maximum Gasteiger partial charge on any atom is 0.300 e. The molecule has 2 aromatic rings. The number of piperidine rings is 1. The molecular formula is C23H30N2O4S. The highest BCUT2D eigenvalue weighted by atomic mass is 32.2. The summed E-state index contributed by atoms with van der Waals surface area (Å²) < 4.78 is 0. The van der Waals surface area contributed by atoms with E-state index in [0.717, 1.165) is 55.5 Å². The summed E-state index contributed by atoms with van der Waals surface area (Å²) in [7, 11) is 0. The molecule has 1 aliphatic heterocycles. The van der Waals surface area contributed by atoms with E-state index in [1.165, 1.54) is 5.56 Å². The number of carboxylic acid groups (broad SMARTS) is 1. The van der Waals surface area contributed by atoms with Gasteiger partial charge in [0.25, 0.3) is 11.9 Å². The number of carboxylic acids is 1. The molecule has 1 heterocycles. The average molecular weight is 431 g/mol. The summed E-state index contributed by atoms with van der Waals surface area (Å²) in [4.78, 5) is 21.4. The van der Waals surface area contributed by atoms with Crippen molar-refractivity contribution in [2.24, 2.45) is 0 Å². The fourth-order valence-electron chi connectivity index (χ4n) is 3.10. The van der Waals surface area contributed by atoms with Crippen LogP contribution in [0, 0.1) is 0 Å². The number of aliphatic carboxylic acids is 1. The van der Waals surface area contributed by atoms with Crippen LogP contribution in [0.4, 0.5) is 0 Å². The number of benzene rings is 2. The van der Waals surface area contributed by atoms with Gasteiger partial charge in [0, 0.05) is 30.0 Å². The molecule has 0 saturated carbocycles. The first kappa shape index (κ1) is 23.9. The van der Waals surface area contributed by atoms with Gasteiger partial charge in [0.1, 0.15) is 0 Å². The van der Waals surface area contributed by atoms with Crippen LogP contribution in [0.25, 0.3) is 11.1 Å². The minimum atomic E-state index is -0.833. The minimum absolute atomic E-state index is 0.0136. The Labute approximate surface area is 182 Å². The number of aliphatic hydroxyl groups is 1. The van der Waals surface area contributed by atoms with Gasteiger partial charge in [0.2, 0.25) is 0 Å². The first-order valence-electron chi connectivity index (χ1n) is 10.1. The molecule has 1 saturated heterocycles. The molecule has 1 aliphatic rings. The predicted molar refractivity (Wildman–Crippen MR) is 122 cm³/mol. The largest absolute Gasteiger partial charge is 0.481 e. The summed E-state index contributed by atoms with van der Waals surface area (Å²) >= 11 is 1.73. The quantitative estimate of drug-likeness (QED) is 0.504. The molecule has 7 heteroatoms. The van der Waals surface area contributed by atoms with Gasteiger partial charge in [-0.1, -0.05) is 36.4 Å². The molecule has 3 rings (SSSR count). The molecule has 0 atom stereocenters. The SMILES string of the molecule is CC(=O)O.O=C(NC1CCNCC1)c1ccc(-c2ccc(CSCCO)cc2)cc1. The predicted octanol–water partition coefficient (Wildman–Crippen LogP) is 3.15. The van der Waals surface area contributed by atoms with Crippen LogP contribution >= 0.6 is 11.8 Å². The van der Waals surface area contributed by atoms with E-state index in [9.17, 15) is 4.79 Å². The van der Waals surface area contributed by atoms with Crippen molar-refractivity contribution in [2.45, 2.75) is 31.6 Å². The second-order valence-corrected chi connectivity index (χ2v) is 8.17. The van der Waals surface area contributed by atoms with Crippen molar-refractivity contribution in [1.82, 2.24) is 10.6 Å². The van der Waals surface area contributed by atoms with Crippen LogP contribution in [0.5, 0.6) is 0 Å². The summed E-state index contributed by atoms with van der Waals surface area (Å²) in [5, 5.41) is 22.7. The third-order valence-electron chi connectivity index (χ3n) is 4.61. The van der Waals surface area contributed by atoms with E-state index in [4.69, 9.17) is 15.0 Å². The standard InChI is InChI=1S/C21H26N2O2S.C2H4O2/c24-13-14-26-15-16-1-3-17(4-2-16)18-5-7-19(8-6-18)21(25)23-20-9-11-22-12-10-20;1-2(3)4/h1-8,20,22,24H,9-15H2,(H,23,25);1H3,(H,3,4). The zero-order chi connectivity index (χ0) is 21.8. The molecule has 6 nitrogen and oxygen atoms in total. The summed E-state index contributed by atoms with van der Waals surface area (Å²) in [5.74, 6) is 0.860. The first-order chi connectivity index (χ1) is 14.5. The van der Waals surface area contributed by atoms with Crippen LogP contribution in [0.2, 0.25) is 0 Å². The van der Waals surface area contributed by atoms with Gasteiger partial charge in [0.05, 0.1) is 6.61 Å². The third-order valence-corrected chi connectivity index (χ3v) is 5.62. The molecule has 1 fully saturated rings. The maximum atomic E-state index is 12.4. The van der Waals surface area contributed by atoms with Crippen molar-refractivity contribution >= 4 is 23.6 Å². The average Bonchev–Trinajstić information content (AvgIpc) is 2.75. The Morgan fingerprint density at radius 3 is 2.10 bits per heavy atom. The Morgan fingerprint density at radius 2 is 1.57 bits per heavy atom. The number of thioether (sulfide) groups is 1. The fraction of sp³-hybridized carbons (Fsp3) is 0.391. The van der Waals surface area contributed by atoms with Crippen molar-refractivity contribution in [1.29, 1.82) is 0 Å². The van der Waals surface area contributed by atoms with Crippen molar-refractivity contribution in [2.75, 3.05) is 25.4 Å². The van der Waals surface area contributed by atoms with E-state index in [0.29, 0.717) is 5.56 Å². The summed E-state index contributed by atoms with van der Waals surface area (Å²) in [6.45, 7) is 3.25. The highest BCUT2D eigenvalue weighted by Crippen LogP contribution is 2.22. The number of nitrogens with one attached hydrogen (secondary N) is 2. The van der Waals surface area contributed by atoms with Gasteiger partial charge in [0.15, 0.2) is 0 Å². The zero-order valence-electron chi connectivity index (χ0n) is 17.3. The zero-order valence-corrected chi connectivity index (χ0v) is 18.1. The van der Waals surface area contributed by atoms with Gasteiger partial charge in [-0.15, -0.1) is 0 Å². The van der Waals surface area contributed by atoms with Gasteiger partial charge in [-0.2, -0.15) is 11.8 Å². The lowest BCUT2D eigenvalue weighted by atomic mass is 10.0. The summed E-state index contributed by atoms with van der Waals surface area (Å²) in [6, 6.07) is 16.6. The topological polar surface area (TPSA) is 98.7 Å². The number of hydrogen-bond donors (Lipinski definition) is 4. The lowest BCUT2D eigenvalue weighted by Crippen LogP contribution is -2.42. The van der Waals surface area contributed by atoms with E-state index in [-0.39, 0.29) is 18.6 Å². The maximum absolute atomic E-state index is 12.4. The van der Waals surface area contributed by atoms with Crippen molar-refractivity contribution in [3.8, 4) is 11.1 Å². The summed E-state index contributed by atoms with van der Waals surface area (Å²) in [6.07, 6.45) is 1.99. The number of carbonyl (C=O) groups is 2. The molecule has 2 aromatic carbocycles. The van der Waals surface area contributed by atoms with Crippen molar-refractivity contribution < 1.29 is 19.8 Å². The molecule has 0 unspecified atom stereocenters. The lowest BCUT2D eigenvalue weighted by molar-refractivity contribution is -0.134. The molecule has 0 aliphatic carbocycles. The van der Waals surface area contributed by atoms with Gasteiger partial charge >= 0.3 is 0 Å². The first-order valence-corrected chi connectivity index (χ1v) is 11.2. The van der Waals surface area contributed by atoms with Gasteiger partial charge in [-0.25, -0.2) is 0 Å². The van der Waals surface area contributed by atoms with Crippen LogP contribution in [0.1, 0.15) is 35.7 Å². The molecule has 30 heavy (non-hydrogen) atoms. The fourth-order valence-corrected chi connectivity index (χ4v) is 3.80. The van der Waals surface area contributed by atoms with E-state index in [1.807, 2.05) is 24.3 Å². The van der Waals surface area contributed by atoms with E-state index in [2.05, 4.69) is 34.9 Å². The van der Waals surface area contributed by atoms with Crippen LogP contribution in [-0.4, -0.2) is 53.6 Å². The molecular weight excluding hydrogens is 400 g/mol. The van der Waals surface area contributed by atoms with Crippen molar-refractivity contribution in [3.63, 3.8) is 0 Å². The Hall–Kier alpha value is -2.35. The smallest absolute Gasteiger partial charge is 0.300 e. The Kier molecular flexibility index (Phi) is 10.4. The van der Waals surface area contributed by atoms with Gasteiger partial charge in [-0.05, 0) is 54.8 Å². The third kappa shape index (κ3) is 8.57. The van der Waals surface area contributed by atoms with Crippen LogP contribution in [0.3, 0.4) is 0 Å². The molecule has 0 aromatic heterocycles. The number of amides is 1. The number of aliphatic hydroxyl groups excluding tert-OH is 1. The van der Waals surface area contributed by atoms with Crippen LogP contribution < -0.4 is 10.6 Å². The highest BCUT2D eigenvalue weighted by molar-refractivity contribution is 7.98. The second-order valence-electron chi connectivity index (χ2n) is 7.07. The Bertz CT molecular complexity index is 784.